The fraction of sp³-hybridized carbons (Fsp3) is 0.400. The summed E-state index contributed by atoms with van der Waals surface area (Å²) in [5, 5.41) is 0.878. The molecule has 1 aliphatic carbocycles. The van der Waals surface area contributed by atoms with E-state index in [9.17, 15) is 19.2 Å². The maximum absolute atomic E-state index is 12.0. The Kier molecular flexibility index (Phi) is 4.85. The van der Waals surface area contributed by atoms with Crippen molar-refractivity contribution in [3.05, 3.63) is 39.7 Å². The van der Waals surface area contributed by atoms with Crippen LogP contribution in [-0.4, -0.2) is 42.4 Å². The lowest BCUT2D eigenvalue weighted by atomic mass is 10.1. The van der Waals surface area contributed by atoms with Gasteiger partial charge in [0.05, 0.1) is 0 Å². The average molecular weight is 385 g/mol. The maximum atomic E-state index is 12.0. The Morgan fingerprint density at radius 3 is 2.64 bits per heavy atom. The number of benzene rings is 1. The van der Waals surface area contributed by atoms with Gasteiger partial charge in [-0.25, -0.2) is 9.59 Å². The second-order valence-electron chi connectivity index (χ2n) is 6.85. The average Bonchev–Trinajstić information content (AvgIpc) is 3.34. The van der Waals surface area contributed by atoms with Crippen LogP contribution < -0.4 is 10.4 Å². The van der Waals surface area contributed by atoms with E-state index in [1.54, 1.807) is 12.1 Å². The van der Waals surface area contributed by atoms with Gasteiger partial charge in [-0.2, -0.15) is 0 Å². The third-order valence-corrected chi connectivity index (χ3v) is 5.03. The Morgan fingerprint density at radius 1 is 1.04 bits per heavy atom. The summed E-state index contributed by atoms with van der Waals surface area (Å²) in [5.41, 5.74) is 1.85. The van der Waals surface area contributed by atoms with Gasteiger partial charge in [-0.05, 0) is 43.4 Å². The number of ether oxygens (including phenoxy) is 2. The topological polar surface area (TPSA) is 103 Å². The minimum Gasteiger partial charge on any atom is -0.482 e. The molecule has 1 aromatic carbocycles. The molecule has 8 heteroatoms. The van der Waals surface area contributed by atoms with Gasteiger partial charge in [0.15, 0.2) is 13.2 Å². The number of aryl methyl sites for hydroxylation is 1. The Labute approximate surface area is 160 Å². The normalized spacial score (nSPS) is 15.7. The number of carbonyl (C=O) groups excluding carboxylic acids is 3. The molecule has 0 atom stereocenters. The van der Waals surface area contributed by atoms with E-state index < -0.39 is 25.1 Å². The van der Waals surface area contributed by atoms with Crippen LogP contribution in [0.4, 0.5) is 0 Å². The lowest BCUT2D eigenvalue weighted by Gasteiger charge is -2.13. The molecule has 2 heterocycles. The predicted molar refractivity (Wildman–Crippen MR) is 96.9 cm³/mol. The minimum absolute atomic E-state index is 0.249. The number of esters is 1. The SMILES string of the molecule is O=C(COc1ccc2c3c(c(=O)oc2c1)CCC3)OCC(=O)N1CCCC1=O. The van der Waals surface area contributed by atoms with E-state index in [-0.39, 0.29) is 11.5 Å². The van der Waals surface area contributed by atoms with Gasteiger partial charge in [0, 0.05) is 30.0 Å². The molecule has 1 aromatic heterocycles. The first-order valence-corrected chi connectivity index (χ1v) is 9.23. The lowest BCUT2D eigenvalue weighted by molar-refractivity contribution is -0.155. The summed E-state index contributed by atoms with van der Waals surface area (Å²) in [7, 11) is 0. The summed E-state index contributed by atoms with van der Waals surface area (Å²) in [4.78, 5) is 48.3. The quantitative estimate of drug-likeness (QED) is 0.565. The van der Waals surface area contributed by atoms with Crippen molar-refractivity contribution >= 4 is 28.8 Å². The molecule has 4 rings (SSSR count). The van der Waals surface area contributed by atoms with Crippen LogP contribution >= 0.6 is 0 Å². The molecule has 0 bridgehead atoms. The standard InChI is InChI=1S/C20H19NO7/c22-17-5-2-8-21(17)18(23)10-27-19(24)11-26-12-6-7-14-13-3-1-4-15(13)20(25)28-16(14)9-12/h6-7,9H,1-5,8,10-11H2. The number of amides is 2. The van der Waals surface area contributed by atoms with Gasteiger partial charge < -0.3 is 13.9 Å². The van der Waals surface area contributed by atoms with Gasteiger partial charge >= 0.3 is 11.6 Å². The van der Waals surface area contributed by atoms with Crippen molar-refractivity contribution in [1.82, 2.24) is 4.90 Å². The summed E-state index contributed by atoms with van der Waals surface area (Å²) in [5.74, 6) is -1.15. The molecule has 146 valence electrons. The van der Waals surface area contributed by atoms with Crippen molar-refractivity contribution in [2.24, 2.45) is 0 Å². The van der Waals surface area contributed by atoms with Crippen molar-refractivity contribution in [2.45, 2.75) is 32.1 Å². The number of fused-ring (bicyclic) bond motifs is 3. The van der Waals surface area contributed by atoms with Crippen LogP contribution in [0.25, 0.3) is 11.0 Å². The smallest absolute Gasteiger partial charge is 0.344 e. The first-order chi connectivity index (χ1) is 13.5. The molecule has 0 saturated carbocycles. The molecule has 28 heavy (non-hydrogen) atoms. The van der Waals surface area contributed by atoms with Crippen LogP contribution in [0.2, 0.25) is 0 Å². The fourth-order valence-electron chi connectivity index (χ4n) is 3.67. The molecule has 0 spiro atoms. The van der Waals surface area contributed by atoms with E-state index in [4.69, 9.17) is 13.9 Å². The number of carbonyl (C=O) groups is 3. The van der Waals surface area contributed by atoms with Crippen molar-refractivity contribution in [3.8, 4) is 5.75 Å². The van der Waals surface area contributed by atoms with Crippen LogP contribution in [0.15, 0.2) is 27.4 Å². The van der Waals surface area contributed by atoms with Crippen LogP contribution in [0.5, 0.6) is 5.75 Å². The fourth-order valence-corrected chi connectivity index (χ4v) is 3.67. The van der Waals surface area contributed by atoms with Gasteiger partial charge in [0.25, 0.3) is 5.91 Å². The highest BCUT2D eigenvalue weighted by atomic mass is 16.6. The van der Waals surface area contributed by atoms with E-state index in [0.717, 1.165) is 40.7 Å². The third kappa shape index (κ3) is 3.49. The monoisotopic (exact) mass is 385 g/mol. The number of likely N-dealkylation sites (tertiary alicyclic amines) is 1. The zero-order valence-electron chi connectivity index (χ0n) is 15.2. The summed E-state index contributed by atoms with van der Waals surface area (Å²) < 4.78 is 15.6. The van der Waals surface area contributed by atoms with E-state index in [1.807, 2.05) is 6.07 Å². The molecule has 0 N–H and O–H groups in total. The zero-order valence-corrected chi connectivity index (χ0v) is 15.2. The largest absolute Gasteiger partial charge is 0.482 e. The van der Waals surface area contributed by atoms with Crippen LogP contribution in [0, 0.1) is 0 Å². The second-order valence-corrected chi connectivity index (χ2v) is 6.85. The van der Waals surface area contributed by atoms with Gasteiger partial charge in [0.2, 0.25) is 5.91 Å². The Morgan fingerprint density at radius 2 is 1.86 bits per heavy atom. The number of hydrogen-bond donors (Lipinski definition) is 0. The van der Waals surface area contributed by atoms with Gasteiger partial charge in [-0.1, -0.05) is 0 Å². The Bertz CT molecular complexity index is 1020. The maximum Gasteiger partial charge on any atom is 0.344 e. The molecule has 1 fully saturated rings. The Hall–Kier alpha value is -3.16. The molecule has 2 aromatic rings. The van der Waals surface area contributed by atoms with E-state index in [2.05, 4.69) is 0 Å². The summed E-state index contributed by atoms with van der Waals surface area (Å²) in [6.45, 7) is -0.535. The number of nitrogens with zero attached hydrogens (tertiary/aromatic N) is 1. The molecule has 1 saturated heterocycles. The van der Waals surface area contributed by atoms with Crippen LogP contribution in [-0.2, 0) is 32.0 Å². The number of imide groups is 1. The molecule has 1 aliphatic heterocycles. The van der Waals surface area contributed by atoms with Crippen molar-refractivity contribution in [2.75, 3.05) is 19.8 Å². The van der Waals surface area contributed by atoms with Gasteiger partial charge in [-0.15, -0.1) is 0 Å². The van der Waals surface area contributed by atoms with Crippen molar-refractivity contribution < 1.29 is 28.3 Å². The van der Waals surface area contributed by atoms with E-state index >= 15 is 0 Å². The van der Waals surface area contributed by atoms with Gasteiger partial charge in [-0.3, -0.25) is 14.5 Å². The summed E-state index contributed by atoms with van der Waals surface area (Å²) in [6.07, 6.45) is 3.48. The molecule has 8 nitrogen and oxygen atoms in total. The molecule has 0 unspecified atom stereocenters. The molecular formula is C20H19NO7. The lowest BCUT2D eigenvalue weighted by Crippen LogP contribution is -2.35. The van der Waals surface area contributed by atoms with Gasteiger partial charge in [0.1, 0.15) is 11.3 Å². The first kappa shape index (κ1) is 18.2. The molecule has 2 amide bonds. The van der Waals surface area contributed by atoms with Crippen molar-refractivity contribution in [3.63, 3.8) is 0 Å². The highest BCUT2D eigenvalue weighted by Gasteiger charge is 2.27. The first-order valence-electron chi connectivity index (χ1n) is 9.23. The predicted octanol–water partition coefficient (Wildman–Crippen LogP) is 1.35. The Balaban J connectivity index is 1.35. The van der Waals surface area contributed by atoms with E-state index in [1.165, 1.54) is 0 Å². The third-order valence-electron chi connectivity index (χ3n) is 5.03. The van der Waals surface area contributed by atoms with Crippen LogP contribution in [0.3, 0.4) is 0 Å². The number of hydrogen-bond acceptors (Lipinski definition) is 7. The summed E-state index contributed by atoms with van der Waals surface area (Å²) >= 11 is 0. The minimum atomic E-state index is -0.726. The highest BCUT2D eigenvalue weighted by Crippen LogP contribution is 2.29. The zero-order chi connectivity index (χ0) is 19.7. The van der Waals surface area contributed by atoms with Crippen LogP contribution in [0.1, 0.15) is 30.4 Å². The molecule has 2 aliphatic rings. The van der Waals surface area contributed by atoms with Crippen molar-refractivity contribution in [1.29, 1.82) is 0 Å². The summed E-state index contributed by atoms with van der Waals surface area (Å²) in [6, 6.07) is 5.07. The molecule has 0 radical (unpaired) electrons. The highest BCUT2D eigenvalue weighted by molar-refractivity contribution is 5.97. The molecular weight excluding hydrogens is 366 g/mol. The number of rotatable bonds is 5. The van der Waals surface area contributed by atoms with E-state index in [0.29, 0.717) is 30.7 Å². The second kappa shape index (κ2) is 7.46.